The van der Waals surface area contributed by atoms with Gasteiger partial charge in [0.25, 0.3) is 0 Å². The smallest absolute Gasteiger partial charge is 0.167 e. The quantitative estimate of drug-likeness (QED) is 0.786. The highest BCUT2D eigenvalue weighted by atomic mass is 35.5. The number of halogens is 1. The molecule has 0 aromatic heterocycles. The normalized spacial score (nSPS) is 17.9. The summed E-state index contributed by atoms with van der Waals surface area (Å²) in [4.78, 5) is 15.2. The molecule has 1 aliphatic heterocycles. The molecular formula is C21H24ClNO3. The van der Waals surface area contributed by atoms with Crippen molar-refractivity contribution in [1.29, 1.82) is 0 Å². The van der Waals surface area contributed by atoms with Gasteiger partial charge in [0, 0.05) is 29.6 Å². The van der Waals surface area contributed by atoms with Gasteiger partial charge in [-0.25, -0.2) is 0 Å². The predicted octanol–water partition coefficient (Wildman–Crippen LogP) is 4.46. The minimum absolute atomic E-state index is 0.00244. The van der Waals surface area contributed by atoms with Gasteiger partial charge in [0.1, 0.15) is 0 Å². The van der Waals surface area contributed by atoms with Crippen molar-refractivity contribution in [2.24, 2.45) is 5.92 Å². The maximum atomic E-state index is 13.0. The number of rotatable bonds is 5. The largest absolute Gasteiger partial charge is 0.504 e. The molecular weight excluding hydrogens is 350 g/mol. The fraction of sp³-hybridized carbons (Fsp3) is 0.381. The maximum Gasteiger partial charge on any atom is 0.167 e. The number of nitrogens with zero attached hydrogens (tertiary/aromatic N) is 1. The van der Waals surface area contributed by atoms with Gasteiger partial charge in [-0.1, -0.05) is 17.7 Å². The number of aromatic hydroxyl groups is 1. The summed E-state index contributed by atoms with van der Waals surface area (Å²) >= 11 is 6.01. The number of hydrogen-bond acceptors (Lipinski definition) is 4. The van der Waals surface area contributed by atoms with E-state index in [1.807, 2.05) is 31.2 Å². The lowest BCUT2D eigenvalue weighted by atomic mass is 9.88. The SMILES string of the molecule is COc1cc(CN2CCCC(C(=O)c3ccc(Cl)cc3C)C2)ccc1O. The first-order valence-corrected chi connectivity index (χ1v) is 9.24. The van der Waals surface area contributed by atoms with Crippen LogP contribution in [-0.4, -0.2) is 36.0 Å². The molecule has 0 bridgehead atoms. The fourth-order valence-electron chi connectivity index (χ4n) is 3.62. The summed E-state index contributed by atoms with van der Waals surface area (Å²) < 4.78 is 5.18. The van der Waals surface area contributed by atoms with Gasteiger partial charge in [-0.3, -0.25) is 9.69 Å². The molecule has 1 heterocycles. The van der Waals surface area contributed by atoms with Crippen LogP contribution in [-0.2, 0) is 6.54 Å². The molecule has 0 aliphatic carbocycles. The number of ketones is 1. The number of phenolic OH excluding ortho intramolecular Hbond substituents is 1. The van der Waals surface area contributed by atoms with Crippen LogP contribution in [0.1, 0.15) is 34.3 Å². The lowest BCUT2D eigenvalue weighted by Gasteiger charge is -2.32. The number of carbonyl (C=O) groups is 1. The molecule has 1 fully saturated rings. The van der Waals surface area contributed by atoms with Crippen LogP contribution in [0.5, 0.6) is 11.5 Å². The van der Waals surface area contributed by atoms with Gasteiger partial charge < -0.3 is 9.84 Å². The summed E-state index contributed by atoms with van der Waals surface area (Å²) in [5.74, 6) is 0.819. The number of methoxy groups -OCH3 is 1. The van der Waals surface area contributed by atoms with Crippen LogP contribution >= 0.6 is 11.6 Å². The Kier molecular flexibility index (Phi) is 5.84. The summed E-state index contributed by atoms with van der Waals surface area (Å²) in [6.45, 7) is 4.37. The average molecular weight is 374 g/mol. The lowest BCUT2D eigenvalue weighted by molar-refractivity contribution is 0.0811. The molecule has 0 radical (unpaired) electrons. The van der Waals surface area contributed by atoms with Crippen LogP contribution < -0.4 is 4.74 Å². The Balaban J connectivity index is 1.70. The molecule has 1 saturated heterocycles. The highest BCUT2D eigenvalue weighted by Crippen LogP contribution is 2.29. The lowest BCUT2D eigenvalue weighted by Crippen LogP contribution is -2.38. The molecule has 26 heavy (non-hydrogen) atoms. The van der Waals surface area contributed by atoms with Crippen molar-refractivity contribution < 1.29 is 14.6 Å². The topological polar surface area (TPSA) is 49.8 Å². The predicted molar refractivity (Wildman–Crippen MR) is 103 cm³/mol. The second-order valence-corrected chi connectivity index (χ2v) is 7.34. The molecule has 138 valence electrons. The number of Topliss-reactive ketones (excluding diaryl/α,β-unsaturated/α-hetero) is 1. The minimum Gasteiger partial charge on any atom is -0.504 e. The Bertz CT molecular complexity index is 806. The Morgan fingerprint density at radius 2 is 2.12 bits per heavy atom. The van der Waals surface area contributed by atoms with E-state index >= 15 is 0 Å². The third-order valence-corrected chi connectivity index (χ3v) is 5.22. The minimum atomic E-state index is 0.00244. The first-order chi connectivity index (χ1) is 12.5. The van der Waals surface area contributed by atoms with E-state index in [1.54, 1.807) is 19.2 Å². The van der Waals surface area contributed by atoms with Gasteiger partial charge in [0.05, 0.1) is 7.11 Å². The highest BCUT2D eigenvalue weighted by molar-refractivity contribution is 6.30. The van der Waals surface area contributed by atoms with Gasteiger partial charge in [-0.2, -0.15) is 0 Å². The van der Waals surface area contributed by atoms with Gasteiger partial charge >= 0.3 is 0 Å². The number of hydrogen-bond donors (Lipinski definition) is 1. The van der Waals surface area contributed by atoms with E-state index < -0.39 is 0 Å². The summed E-state index contributed by atoms with van der Waals surface area (Å²) in [6, 6.07) is 10.9. The van der Waals surface area contributed by atoms with Crippen molar-refractivity contribution in [2.45, 2.75) is 26.3 Å². The monoisotopic (exact) mass is 373 g/mol. The molecule has 0 amide bonds. The Morgan fingerprint density at radius 1 is 1.31 bits per heavy atom. The Hall–Kier alpha value is -2.04. The van der Waals surface area contributed by atoms with Crippen molar-refractivity contribution in [3.05, 3.63) is 58.1 Å². The summed E-state index contributed by atoms with van der Waals surface area (Å²) in [6.07, 6.45) is 1.91. The molecule has 1 N–H and O–H groups in total. The molecule has 2 aromatic carbocycles. The second kappa shape index (κ2) is 8.11. The zero-order valence-electron chi connectivity index (χ0n) is 15.2. The van der Waals surface area contributed by atoms with E-state index in [2.05, 4.69) is 4.90 Å². The molecule has 2 aromatic rings. The molecule has 1 atom stereocenters. The van der Waals surface area contributed by atoms with Crippen molar-refractivity contribution >= 4 is 17.4 Å². The Morgan fingerprint density at radius 3 is 2.85 bits per heavy atom. The molecule has 0 saturated carbocycles. The zero-order chi connectivity index (χ0) is 18.7. The first kappa shape index (κ1) is 18.7. The van der Waals surface area contributed by atoms with E-state index in [1.165, 1.54) is 0 Å². The van der Waals surface area contributed by atoms with Crippen LogP contribution in [0.15, 0.2) is 36.4 Å². The van der Waals surface area contributed by atoms with Crippen molar-refractivity contribution in [3.8, 4) is 11.5 Å². The molecule has 5 heteroatoms. The van der Waals surface area contributed by atoms with Crippen molar-refractivity contribution in [2.75, 3.05) is 20.2 Å². The van der Waals surface area contributed by atoms with E-state index in [0.717, 1.165) is 49.2 Å². The number of carbonyl (C=O) groups excluding carboxylic acids is 1. The number of ether oxygens (including phenoxy) is 1. The van der Waals surface area contributed by atoms with E-state index in [9.17, 15) is 9.90 Å². The van der Waals surface area contributed by atoms with Crippen LogP contribution in [0.2, 0.25) is 5.02 Å². The molecule has 1 unspecified atom stereocenters. The summed E-state index contributed by atoms with van der Waals surface area (Å²) in [5.41, 5.74) is 2.77. The molecule has 1 aliphatic rings. The van der Waals surface area contributed by atoms with Crippen LogP contribution in [0, 0.1) is 12.8 Å². The summed E-state index contributed by atoms with van der Waals surface area (Å²) in [5, 5.41) is 10.4. The van der Waals surface area contributed by atoms with Gasteiger partial charge in [-0.05, 0) is 67.8 Å². The van der Waals surface area contributed by atoms with Crippen LogP contribution in [0.25, 0.3) is 0 Å². The number of likely N-dealkylation sites (tertiary alicyclic amines) is 1. The standard InChI is InChI=1S/C21H24ClNO3/c1-14-10-17(22)6-7-18(14)21(25)16-4-3-9-23(13-16)12-15-5-8-19(24)20(11-15)26-2/h5-8,10-11,16,24H,3-4,9,12-13H2,1-2H3. The molecule has 3 rings (SSSR count). The third-order valence-electron chi connectivity index (χ3n) is 4.98. The fourth-order valence-corrected chi connectivity index (χ4v) is 3.84. The number of piperidine rings is 1. The Labute approximate surface area is 159 Å². The van der Waals surface area contributed by atoms with Crippen molar-refractivity contribution in [1.82, 2.24) is 4.90 Å². The number of benzene rings is 2. The van der Waals surface area contributed by atoms with Gasteiger partial charge in [0.15, 0.2) is 17.3 Å². The molecule has 4 nitrogen and oxygen atoms in total. The maximum absolute atomic E-state index is 13.0. The summed E-state index contributed by atoms with van der Waals surface area (Å²) in [7, 11) is 1.54. The number of aryl methyl sites for hydroxylation is 1. The van der Waals surface area contributed by atoms with Gasteiger partial charge in [0.2, 0.25) is 0 Å². The number of phenols is 1. The second-order valence-electron chi connectivity index (χ2n) is 6.90. The van der Waals surface area contributed by atoms with Crippen LogP contribution in [0.3, 0.4) is 0 Å². The molecule has 0 spiro atoms. The van der Waals surface area contributed by atoms with Crippen LogP contribution in [0.4, 0.5) is 0 Å². The average Bonchev–Trinajstić information content (AvgIpc) is 2.63. The third kappa shape index (κ3) is 4.19. The zero-order valence-corrected chi connectivity index (χ0v) is 15.9. The van der Waals surface area contributed by atoms with E-state index in [4.69, 9.17) is 16.3 Å². The highest BCUT2D eigenvalue weighted by Gasteiger charge is 2.27. The van der Waals surface area contributed by atoms with Crippen molar-refractivity contribution in [3.63, 3.8) is 0 Å². The first-order valence-electron chi connectivity index (χ1n) is 8.86. The van der Waals surface area contributed by atoms with E-state index in [0.29, 0.717) is 10.8 Å². The van der Waals surface area contributed by atoms with E-state index in [-0.39, 0.29) is 17.5 Å². The van der Waals surface area contributed by atoms with Gasteiger partial charge in [-0.15, -0.1) is 0 Å².